The van der Waals surface area contributed by atoms with Gasteiger partial charge in [0.25, 0.3) is 0 Å². The second kappa shape index (κ2) is 7.50. The van der Waals surface area contributed by atoms with Gasteiger partial charge >= 0.3 is 6.09 Å². The Bertz CT molecular complexity index is 765. The van der Waals surface area contributed by atoms with Gasteiger partial charge in [0.2, 0.25) is 0 Å². The third kappa shape index (κ3) is 4.44. The minimum atomic E-state index is -0.314. The molecule has 4 nitrogen and oxygen atoms in total. The van der Waals surface area contributed by atoms with E-state index in [-0.39, 0.29) is 24.2 Å². The first-order valence-corrected chi connectivity index (χ1v) is 9.20. The van der Waals surface area contributed by atoms with Crippen LogP contribution in [0.15, 0.2) is 48.5 Å². The highest BCUT2D eigenvalue weighted by Gasteiger charge is 2.28. The molecular formula is C22H28N2O2. The topological polar surface area (TPSA) is 55.6 Å². The number of benzene rings is 2. The third-order valence-corrected chi connectivity index (χ3v) is 4.61. The van der Waals surface area contributed by atoms with E-state index in [9.17, 15) is 4.79 Å². The number of nitrogens with two attached hydrogens (primary N) is 1. The van der Waals surface area contributed by atoms with Crippen molar-refractivity contribution in [1.29, 1.82) is 0 Å². The highest BCUT2D eigenvalue weighted by Crippen LogP contribution is 2.35. The number of anilines is 1. The van der Waals surface area contributed by atoms with E-state index in [1.54, 1.807) is 4.90 Å². The van der Waals surface area contributed by atoms with E-state index in [4.69, 9.17) is 10.5 Å². The Morgan fingerprint density at radius 1 is 1.15 bits per heavy atom. The van der Waals surface area contributed by atoms with Crippen molar-refractivity contribution in [3.05, 3.63) is 65.2 Å². The van der Waals surface area contributed by atoms with Crippen molar-refractivity contribution in [3.8, 4) is 0 Å². The summed E-state index contributed by atoms with van der Waals surface area (Å²) in [5.41, 5.74) is 10.7. The van der Waals surface area contributed by atoms with E-state index >= 15 is 0 Å². The first-order chi connectivity index (χ1) is 12.3. The normalized spacial score (nSPS) is 16.9. The van der Waals surface area contributed by atoms with Gasteiger partial charge in [-0.2, -0.15) is 0 Å². The zero-order valence-electron chi connectivity index (χ0n) is 15.9. The predicted octanol–water partition coefficient (Wildman–Crippen LogP) is 4.82. The Hall–Kier alpha value is -2.33. The predicted molar refractivity (Wildman–Crippen MR) is 105 cm³/mol. The molecular weight excluding hydrogens is 324 g/mol. The molecule has 3 rings (SSSR count). The molecule has 0 bridgehead atoms. The molecule has 2 aromatic rings. The number of ether oxygens (including phenoxy) is 1. The maximum Gasteiger partial charge on any atom is 0.414 e. The summed E-state index contributed by atoms with van der Waals surface area (Å²) in [6, 6.07) is 16.0. The Balaban J connectivity index is 1.76. The number of nitrogens with zero attached hydrogens (tertiary/aromatic N) is 1. The highest BCUT2D eigenvalue weighted by atomic mass is 16.6. The summed E-state index contributed by atoms with van der Waals surface area (Å²) in [4.78, 5) is 14.3. The van der Waals surface area contributed by atoms with Crippen LogP contribution in [-0.4, -0.2) is 12.6 Å². The van der Waals surface area contributed by atoms with Crippen LogP contribution in [0.2, 0.25) is 0 Å². The SMILES string of the molecule is CC(C)(C)Cc1ccc2c(c1)C(N)CCN2C(=O)OCc1ccccc1. The lowest BCUT2D eigenvalue weighted by Gasteiger charge is -2.33. The standard InChI is InChI=1S/C22H28N2O2/c1-22(2,3)14-17-9-10-20-18(13-17)19(23)11-12-24(20)21(25)26-15-16-7-5-4-6-8-16/h4-10,13,19H,11-12,14-15,23H2,1-3H3. The number of hydrogen-bond acceptors (Lipinski definition) is 3. The molecule has 138 valence electrons. The molecule has 4 heteroatoms. The number of rotatable bonds is 3. The molecule has 1 amide bonds. The number of carbonyl (C=O) groups excluding carboxylic acids is 1. The summed E-state index contributed by atoms with van der Waals surface area (Å²) >= 11 is 0. The molecule has 0 radical (unpaired) electrons. The van der Waals surface area contributed by atoms with Crippen molar-refractivity contribution in [3.63, 3.8) is 0 Å². The maximum atomic E-state index is 12.6. The van der Waals surface area contributed by atoms with Gasteiger partial charge in [-0.1, -0.05) is 63.2 Å². The van der Waals surface area contributed by atoms with Crippen molar-refractivity contribution < 1.29 is 9.53 Å². The molecule has 0 spiro atoms. The minimum absolute atomic E-state index is 0.0388. The fraction of sp³-hybridized carbons (Fsp3) is 0.409. The summed E-state index contributed by atoms with van der Waals surface area (Å²) in [5, 5.41) is 0. The molecule has 0 fully saturated rings. The van der Waals surface area contributed by atoms with Gasteiger partial charge in [-0.3, -0.25) is 4.90 Å². The monoisotopic (exact) mass is 352 g/mol. The van der Waals surface area contributed by atoms with Gasteiger partial charge in [0.15, 0.2) is 0 Å². The van der Waals surface area contributed by atoms with Crippen molar-refractivity contribution in [2.75, 3.05) is 11.4 Å². The van der Waals surface area contributed by atoms with Crippen LogP contribution in [0.4, 0.5) is 10.5 Å². The summed E-state index contributed by atoms with van der Waals surface area (Å²) < 4.78 is 5.52. The van der Waals surface area contributed by atoms with Crippen LogP contribution in [0, 0.1) is 5.41 Å². The molecule has 1 aliphatic rings. The van der Waals surface area contributed by atoms with Gasteiger partial charge < -0.3 is 10.5 Å². The molecule has 1 aliphatic heterocycles. The van der Waals surface area contributed by atoms with E-state index in [0.717, 1.165) is 29.7 Å². The van der Waals surface area contributed by atoms with Crippen LogP contribution < -0.4 is 10.6 Å². The quantitative estimate of drug-likeness (QED) is 0.861. The van der Waals surface area contributed by atoms with Crippen molar-refractivity contribution in [1.82, 2.24) is 0 Å². The molecule has 1 atom stereocenters. The van der Waals surface area contributed by atoms with E-state index in [1.165, 1.54) is 5.56 Å². The van der Waals surface area contributed by atoms with Crippen molar-refractivity contribution >= 4 is 11.8 Å². The molecule has 0 saturated heterocycles. The maximum absolute atomic E-state index is 12.6. The minimum Gasteiger partial charge on any atom is -0.444 e. The number of carbonyl (C=O) groups is 1. The van der Waals surface area contributed by atoms with E-state index in [0.29, 0.717) is 6.54 Å². The van der Waals surface area contributed by atoms with Gasteiger partial charge in [-0.05, 0) is 41.0 Å². The molecule has 26 heavy (non-hydrogen) atoms. The molecule has 2 aromatic carbocycles. The van der Waals surface area contributed by atoms with Gasteiger partial charge in [-0.25, -0.2) is 4.79 Å². The second-order valence-corrected chi connectivity index (χ2v) is 8.22. The van der Waals surface area contributed by atoms with Crippen molar-refractivity contribution in [2.24, 2.45) is 11.1 Å². The average molecular weight is 352 g/mol. The molecule has 1 unspecified atom stereocenters. The van der Waals surface area contributed by atoms with Gasteiger partial charge in [0, 0.05) is 12.6 Å². The molecule has 0 aliphatic carbocycles. The van der Waals surface area contributed by atoms with Crippen LogP contribution in [0.3, 0.4) is 0 Å². The summed E-state index contributed by atoms with van der Waals surface area (Å²) in [6.07, 6.45) is 1.41. The number of fused-ring (bicyclic) bond motifs is 1. The Morgan fingerprint density at radius 2 is 1.88 bits per heavy atom. The number of amides is 1. The van der Waals surface area contributed by atoms with Crippen molar-refractivity contribution in [2.45, 2.75) is 46.3 Å². The van der Waals surface area contributed by atoms with E-state index < -0.39 is 0 Å². The van der Waals surface area contributed by atoms with Gasteiger partial charge in [-0.15, -0.1) is 0 Å². The first-order valence-electron chi connectivity index (χ1n) is 9.20. The van der Waals surface area contributed by atoms with E-state index in [1.807, 2.05) is 36.4 Å². The van der Waals surface area contributed by atoms with Gasteiger partial charge in [0.1, 0.15) is 6.61 Å². The van der Waals surface area contributed by atoms with Crippen LogP contribution in [0.1, 0.15) is 49.9 Å². The molecule has 1 heterocycles. The highest BCUT2D eigenvalue weighted by molar-refractivity contribution is 5.89. The number of hydrogen-bond donors (Lipinski definition) is 1. The van der Waals surface area contributed by atoms with Crippen LogP contribution >= 0.6 is 0 Å². The fourth-order valence-electron chi connectivity index (χ4n) is 3.40. The zero-order valence-corrected chi connectivity index (χ0v) is 15.9. The third-order valence-electron chi connectivity index (χ3n) is 4.61. The molecule has 0 saturated carbocycles. The largest absolute Gasteiger partial charge is 0.444 e. The van der Waals surface area contributed by atoms with Crippen LogP contribution in [0.5, 0.6) is 0 Å². The summed E-state index contributed by atoms with van der Waals surface area (Å²) in [7, 11) is 0. The van der Waals surface area contributed by atoms with Gasteiger partial charge in [0.05, 0.1) is 5.69 Å². The molecule has 0 aromatic heterocycles. The lowest BCUT2D eigenvalue weighted by Crippen LogP contribution is -2.38. The Labute approximate surface area is 156 Å². The molecule has 2 N–H and O–H groups in total. The lowest BCUT2D eigenvalue weighted by atomic mass is 9.86. The smallest absolute Gasteiger partial charge is 0.414 e. The summed E-state index contributed by atoms with van der Waals surface area (Å²) in [5.74, 6) is 0. The fourth-order valence-corrected chi connectivity index (χ4v) is 3.40. The second-order valence-electron chi connectivity index (χ2n) is 8.22. The van der Waals surface area contributed by atoms with E-state index in [2.05, 4.69) is 32.9 Å². The zero-order chi connectivity index (χ0) is 18.7. The first kappa shape index (κ1) is 18.5. The van der Waals surface area contributed by atoms with Crippen LogP contribution in [-0.2, 0) is 17.8 Å². The summed E-state index contributed by atoms with van der Waals surface area (Å²) in [6.45, 7) is 7.53. The Kier molecular flexibility index (Phi) is 5.33. The Morgan fingerprint density at radius 3 is 2.58 bits per heavy atom. The average Bonchev–Trinajstić information content (AvgIpc) is 2.60. The van der Waals surface area contributed by atoms with Crippen LogP contribution in [0.25, 0.3) is 0 Å². The lowest BCUT2D eigenvalue weighted by molar-refractivity contribution is 0.146.